The van der Waals surface area contributed by atoms with Crippen molar-refractivity contribution in [1.29, 1.82) is 0 Å². The van der Waals surface area contributed by atoms with E-state index in [4.69, 9.17) is 14.9 Å². The normalized spacial score (nSPS) is 17.2. The van der Waals surface area contributed by atoms with Gasteiger partial charge in [-0.3, -0.25) is 19.4 Å². The Labute approximate surface area is 190 Å². The molecule has 0 aromatic carbocycles. The number of amides is 3. The van der Waals surface area contributed by atoms with Gasteiger partial charge >= 0.3 is 18.0 Å². The van der Waals surface area contributed by atoms with Gasteiger partial charge in [0, 0.05) is 18.9 Å². The average molecular weight is 464 g/mol. The summed E-state index contributed by atoms with van der Waals surface area (Å²) < 4.78 is 5.16. The van der Waals surface area contributed by atoms with Gasteiger partial charge in [0.05, 0.1) is 6.42 Å². The van der Waals surface area contributed by atoms with Crippen LogP contribution in [0.1, 0.15) is 38.7 Å². The quantitative estimate of drug-likeness (QED) is 0.381. The van der Waals surface area contributed by atoms with E-state index in [-0.39, 0.29) is 25.5 Å². The molecule has 180 valence electrons. The molecule has 1 saturated heterocycles. The molecule has 0 saturated carbocycles. The monoisotopic (exact) mass is 464 g/mol. The van der Waals surface area contributed by atoms with Crippen LogP contribution in [-0.4, -0.2) is 74.6 Å². The van der Waals surface area contributed by atoms with Crippen LogP contribution in [0.25, 0.3) is 0 Å². The lowest BCUT2D eigenvalue weighted by Crippen LogP contribution is -2.56. The van der Waals surface area contributed by atoms with Gasteiger partial charge in [-0.1, -0.05) is 13.8 Å². The molecule has 1 aliphatic rings. The van der Waals surface area contributed by atoms with E-state index >= 15 is 0 Å². The SMILES string of the molecule is CC(C)[C@H](NC(=O)OCc1ccncc1)C(=O)N1CCC[C@H]1C(=O)N[C@@H](CC(=O)O)C(=O)O. The number of carboxylic acid groups (broad SMARTS) is 2. The number of carbonyl (C=O) groups is 5. The number of nitrogens with zero attached hydrogens (tertiary/aromatic N) is 2. The molecule has 0 aliphatic carbocycles. The van der Waals surface area contributed by atoms with E-state index in [1.807, 2.05) is 0 Å². The highest BCUT2D eigenvalue weighted by atomic mass is 16.5. The summed E-state index contributed by atoms with van der Waals surface area (Å²) in [6.07, 6.45) is 2.31. The summed E-state index contributed by atoms with van der Waals surface area (Å²) in [7, 11) is 0. The summed E-state index contributed by atoms with van der Waals surface area (Å²) in [5, 5.41) is 22.7. The second-order valence-corrected chi connectivity index (χ2v) is 7.98. The van der Waals surface area contributed by atoms with Gasteiger partial charge in [-0.05, 0) is 36.5 Å². The summed E-state index contributed by atoms with van der Waals surface area (Å²) in [4.78, 5) is 65.4. The lowest BCUT2D eigenvalue weighted by Gasteiger charge is -2.30. The third-order valence-electron chi connectivity index (χ3n) is 5.16. The number of rotatable bonds is 10. The maximum atomic E-state index is 13.2. The second kappa shape index (κ2) is 11.8. The summed E-state index contributed by atoms with van der Waals surface area (Å²) >= 11 is 0. The van der Waals surface area contributed by atoms with Crippen molar-refractivity contribution >= 4 is 29.8 Å². The second-order valence-electron chi connectivity index (χ2n) is 7.98. The number of nitrogens with one attached hydrogen (secondary N) is 2. The fourth-order valence-electron chi connectivity index (χ4n) is 3.43. The van der Waals surface area contributed by atoms with E-state index in [0.29, 0.717) is 6.42 Å². The number of likely N-dealkylation sites (tertiary alicyclic amines) is 1. The van der Waals surface area contributed by atoms with Gasteiger partial charge in [-0.15, -0.1) is 0 Å². The van der Waals surface area contributed by atoms with Crippen molar-refractivity contribution in [3.63, 3.8) is 0 Å². The van der Waals surface area contributed by atoms with Crippen LogP contribution in [0.15, 0.2) is 24.5 Å². The molecule has 1 aliphatic heterocycles. The number of alkyl carbamates (subject to hydrolysis) is 1. The number of pyridine rings is 1. The number of aliphatic carboxylic acids is 2. The predicted molar refractivity (Wildman–Crippen MR) is 113 cm³/mol. The summed E-state index contributed by atoms with van der Waals surface area (Å²) in [5.41, 5.74) is 0.721. The number of hydrogen-bond acceptors (Lipinski definition) is 7. The molecule has 3 amide bonds. The Kier molecular flexibility index (Phi) is 9.13. The Bertz CT molecular complexity index is 876. The molecule has 0 spiro atoms. The van der Waals surface area contributed by atoms with Crippen molar-refractivity contribution in [3.05, 3.63) is 30.1 Å². The van der Waals surface area contributed by atoms with E-state index in [2.05, 4.69) is 15.6 Å². The standard InChI is InChI=1S/C21H28N4O8/c1-12(2)17(24-21(32)33-11-13-5-7-22-8-6-13)19(29)25-9-3-4-15(25)18(28)23-14(20(30)31)10-16(26)27/h5-8,12,14-15,17H,3-4,9-11H2,1-2H3,(H,23,28)(H,24,32)(H,26,27)(H,30,31)/t14-,15-,17-/m0/s1. The minimum absolute atomic E-state index is 0.0116. The largest absolute Gasteiger partial charge is 0.481 e. The fraction of sp³-hybridized carbons (Fsp3) is 0.524. The van der Waals surface area contributed by atoms with Crippen molar-refractivity contribution in [2.24, 2.45) is 5.92 Å². The Morgan fingerprint density at radius 2 is 1.82 bits per heavy atom. The molecule has 0 radical (unpaired) electrons. The summed E-state index contributed by atoms with van der Waals surface area (Å²) in [5.74, 6) is -4.45. The summed E-state index contributed by atoms with van der Waals surface area (Å²) in [6.45, 7) is 3.68. The highest BCUT2D eigenvalue weighted by molar-refractivity contribution is 5.94. The molecule has 3 atom stereocenters. The minimum atomic E-state index is -1.62. The molecule has 4 N–H and O–H groups in total. The van der Waals surface area contributed by atoms with E-state index in [9.17, 15) is 24.0 Å². The number of hydrogen-bond donors (Lipinski definition) is 4. The van der Waals surface area contributed by atoms with Crippen LogP contribution in [0.4, 0.5) is 4.79 Å². The first-order chi connectivity index (χ1) is 15.6. The van der Waals surface area contributed by atoms with E-state index < -0.39 is 54.4 Å². The molecule has 2 rings (SSSR count). The molecule has 33 heavy (non-hydrogen) atoms. The molecule has 2 heterocycles. The molecule has 1 aromatic rings. The van der Waals surface area contributed by atoms with E-state index in [1.165, 1.54) is 4.90 Å². The lowest BCUT2D eigenvalue weighted by atomic mass is 10.0. The van der Waals surface area contributed by atoms with Gasteiger partial charge in [-0.25, -0.2) is 9.59 Å². The highest BCUT2D eigenvalue weighted by Crippen LogP contribution is 2.21. The first-order valence-corrected chi connectivity index (χ1v) is 10.5. The van der Waals surface area contributed by atoms with Crippen LogP contribution in [0.3, 0.4) is 0 Å². The van der Waals surface area contributed by atoms with Gasteiger partial charge in [0.25, 0.3) is 0 Å². The predicted octanol–water partition coefficient (Wildman–Crippen LogP) is 0.368. The smallest absolute Gasteiger partial charge is 0.408 e. The van der Waals surface area contributed by atoms with Crippen molar-refractivity contribution < 1.29 is 38.9 Å². The first kappa shape index (κ1) is 25.6. The van der Waals surface area contributed by atoms with Gasteiger partial charge in [0.2, 0.25) is 11.8 Å². The molecule has 0 unspecified atom stereocenters. The van der Waals surface area contributed by atoms with Crippen LogP contribution in [0, 0.1) is 5.92 Å². The van der Waals surface area contributed by atoms with Crippen LogP contribution in [0.5, 0.6) is 0 Å². The molecular weight excluding hydrogens is 436 g/mol. The Morgan fingerprint density at radius 1 is 1.15 bits per heavy atom. The Balaban J connectivity index is 2.03. The first-order valence-electron chi connectivity index (χ1n) is 10.5. The zero-order valence-electron chi connectivity index (χ0n) is 18.4. The van der Waals surface area contributed by atoms with E-state index in [1.54, 1.807) is 38.4 Å². The molecule has 1 aromatic heterocycles. The van der Waals surface area contributed by atoms with Crippen LogP contribution >= 0.6 is 0 Å². The minimum Gasteiger partial charge on any atom is -0.481 e. The third-order valence-corrected chi connectivity index (χ3v) is 5.16. The average Bonchev–Trinajstić information content (AvgIpc) is 3.25. The number of ether oxygens (including phenoxy) is 1. The zero-order chi connectivity index (χ0) is 24.5. The fourth-order valence-corrected chi connectivity index (χ4v) is 3.43. The molecule has 12 heteroatoms. The highest BCUT2D eigenvalue weighted by Gasteiger charge is 2.40. The van der Waals surface area contributed by atoms with Crippen LogP contribution in [-0.2, 0) is 30.5 Å². The maximum absolute atomic E-state index is 13.2. The topological polar surface area (TPSA) is 175 Å². The number of aromatic nitrogens is 1. The van der Waals surface area contributed by atoms with Crippen molar-refractivity contribution in [2.75, 3.05) is 6.54 Å². The van der Waals surface area contributed by atoms with Gasteiger partial charge in [-0.2, -0.15) is 0 Å². The van der Waals surface area contributed by atoms with Crippen molar-refractivity contribution in [1.82, 2.24) is 20.5 Å². The van der Waals surface area contributed by atoms with Crippen molar-refractivity contribution in [2.45, 2.75) is 57.8 Å². The summed E-state index contributed by atoms with van der Waals surface area (Å²) in [6, 6.07) is -0.197. The van der Waals surface area contributed by atoms with Crippen LogP contribution in [0.2, 0.25) is 0 Å². The van der Waals surface area contributed by atoms with Gasteiger partial charge < -0.3 is 30.5 Å². The molecular formula is C21H28N4O8. The Hall–Kier alpha value is -3.70. The van der Waals surface area contributed by atoms with Crippen LogP contribution < -0.4 is 10.6 Å². The molecule has 0 bridgehead atoms. The van der Waals surface area contributed by atoms with Gasteiger partial charge in [0.1, 0.15) is 24.7 Å². The maximum Gasteiger partial charge on any atom is 0.408 e. The Morgan fingerprint density at radius 3 is 2.39 bits per heavy atom. The number of carbonyl (C=O) groups excluding carboxylic acids is 3. The molecule has 1 fully saturated rings. The lowest BCUT2D eigenvalue weighted by molar-refractivity contribution is -0.148. The van der Waals surface area contributed by atoms with Gasteiger partial charge in [0.15, 0.2) is 0 Å². The number of carboxylic acids is 2. The molecule has 12 nitrogen and oxygen atoms in total. The van der Waals surface area contributed by atoms with Crippen molar-refractivity contribution in [3.8, 4) is 0 Å². The zero-order valence-corrected chi connectivity index (χ0v) is 18.4. The van der Waals surface area contributed by atoms with E-state index in [0.717, 1.165) is 5.56 Å². The third kappa shape index (κ3) is 7.44.